The maximum Gasteiger partial charge on any atom is 0.123 e. The van der Waals surface area contributed by atoms with Crippen LogP contribution >= 0.6 is 15.9 Å². The Hall–Kier alpha value is -0.580. The van der Waals surface area contributed by atoms with Gasteiger partial charge in [0.2, 0.25) is 0 Å². The van der Waals surface area contributed by atoms with Crippen molar-refractivity contribution in [3.05, 3.63) is 28.2 Å². The molecule has 1 rings (SSSR count). The van der Waals surface area contributed by atoms with E-state index in [9.17, 15) is 0 Å². The van der Waals surface area contributed by atoms with Crippen LogP contribution in [0.4, 0.5) is 0 Å². The lowest BCUT2D eigenvalue weighted by molar-refractivity contribution is 0.126. The van der Waals surface area contributed by atoms with Crippen molar-refractivity contribution in [3.8, 4) is 5.75 Å². The van der Waals surface area contributed by atoms with Gasteiger partial charge in [-0.25, -0.2) is 5.90 Å². The average molecular weight is 260 g/mol. The van der Waals surface area contributed by atoms with Crippen molar-refractivity contribution >= 4 is 15.9 Å². The number of hydrogen-bond acceptors (Lipinski definition) is 3. The van der Waals surface area contributed by atoms with E-state index in [2.05, 4.69) is 20.8 Å². The van der Waals surface area contributed by atoms with Crippen molar-refractivity contribution in [2.24, 2.45) is 5.90 Å². The predicted octanol–water partition coefficient (Wildman–Crippen LogP) is 2.45. The monoisotopic (exact) mass is 259 g/mol. The largest absolute Gasteiger partial charge is 0.496 e. The minimum absolute atomic E-state index is 0.200. The van der Waals surface area contributed by atoms with E-state index in [-0.39, 0.29) is 5.92 Å². The third kappa shape index (κ3) is 2.47. The van der Waals surface area contributed by atoms with Crippen molar-refractivity contribution in [3.63, 3.8) is 0 Å². The van der Waals surface area contributed by atoms with Crippen LogP contribution in [-0.2, 0) is 4.84 Å². The highest BCUT2D eigenvalue weighted by Crippen LogP contribution is 2.33. The first kappa shape index (κ1) is 11.5. The number of hydrogen-bond donors (Lipinski definition) is 1. The molecule has 0 heterocycles. The van der Waals surface area contributed by atoms with Gasteiger partial charge in [-0.2, -0.15) is 0 Å². The minimum Gasteiger partial charge on any atom is -0.496 e. The van der Waals surface area contributed by atoms with E-state index in [0.717, 1.165) is 15.8 Å². The summed E-state index contributed by atoms with van der Waals surface area (Å²) in [6, 6.07) is 5.83. The molecule has 0 aliphatic heterocycles. The van der Waals surface area contributed by atoms with Crippen LogP contribution < -0.4 is 10.6 Å². The molecule has 0 bridgehead atoms. The average Bonchev–Trinajstić information content (AvgIpc) is 2.17. The second-order valence-corrected chi connectivity index (χ2v) is 3.94. The van der Waals surface area contributed by atoms with E-state index in [0.29, 0.717) is 6.61 Å². The number of rotatable bonds is 4. The molecule has 1 aromatic carbocycles. The second-order valence-electron chi connectivity index (χ2n) is 3.09. The van der Waals surface area contributed by atoms with Crippen LogP contribution in [0.2, 0.25) is 0 Å². The van der Waals surface area contributed by atoms with Gasteiger partial charge in [0, 0.05) is 16.0 Å². The Morgan fingerprint density at radius 1 is 1.50 bits per heavy atom. The van der Waals surface area contributed by atoms with Crippen molar-refractivity contribution in [2.45, 2.75) is 12.8 Å². The number of benzene rings is 1. The fourth-order valence-electron chi connectivity index (χ4n) is 1.40. The standard InChI is InChI=1S/C10H14BrNO2/c1-7(6-14-12)10-8(11)4-3-5-9(10)13-2/h3-5,7H,6,12H2,1-2H3. The van der Waals surface area contributed by atoms with Crippen molar-refractivity contribution in [1.82, 2.24) is 0 Å². The molecule has 0 radical (unpaired) electrons. The predicted molar refractivity (Wildman–Crippen MR) is 59.2 cm³/mol. The summed E-state index contributed by atoms with van der Waals surface area (Å²) in [6.45, 7) is 2.51. The Morgan fingerprint density at radius 3 is 2.79 bits per heavy atom. The van der Waals surface area contributed by atoms with Gasteiger partial charge in [0.05, 0.1) is 13.7 Å². The quantitative estimate of drug-likeness (QED) is 0.846. The highest BCUT2D eigenvalue weighted by Gasteiger charge is 2.14. The number of ether oxygens (including phenoxy) is 1. The molecule has 1 aromatic rings. The summed E-state index contributed by atoms with van der Waals surface area (Å²) in [6.07, 6.45) is 0. The number of methoxy groups -OCH3 is 1. The molecular formula is C10H14BrNO2. The van der Waals surface area contributed by atoms with E-state index in [1.165, 1.54) is 0 Å². The maximum atomic E-state index is 5.27. The lowest BCUT2D eigenvalue weighted by Gasteiger charge is -2.16. The van der Waals surface area contributed by atoms with E-state index in [1.807, 2.05) is 25.1 Å². The van der Waals surface area contributed by atoms with Gasteiger partial charge in [0.1, 0.15) is 5.75 Å². The summed E-state index contributed by atoms with van der Waals surface area (Å²) >= 11 is 3.48. The highest BCUT2D eigenvalue weighted by molar-refractivity contribution is 9.10. The maximum absolute atomic E-state index is 5.27. The molecule has 1 unspecified atom stereocenters. The molecule has 0 saturated heterocycles. The van der Waals surface area contributed by atoms with Crippen LogP contribution in [0.1, 0.15) is 18.4 Å². The molecule has 0 saturated carbocycles. The molecular weight excluding hydrogens is 246 g/mol. The van der Waals surface area contributed by atoms with E-state index >= 15 is 0 Å². The smallest absolute Gasteiger partial charge is 0.123 e. The van der Waals surface area contributed by atoms with Gasteiger partial charge < -0.3 is 9.57 Å². The zero-order valence-corrected chi connectivity index (χ0v) is 9.87. The lowest BCUT2D eigenvalue weighted by atomic mass is 10.0. The van der Waals surface area contributed by atoms with Crippen LogP contribution in [0.25, 0.3) is 0 Å². The number of halogens is 1. The van der Waals surface area contributed by atoms with Crippen molar-refractivity contribution in [1.29, 1.82) is 0 Å². The third-order valence-electron chi connectivity index (χ3n) is 2.07. The first-order valence-corrected chi connectivity index (χ1v) is 5.14. The fourth-order valence-corrected chi connectivity index (χ4v) is 2.14. The first-order valence-electron chi connectivity index (χ1n) is 4.34. The Morgan fingerprint density at radius 2 is 2.21 bits per heavy atom. The topological polar surface area (TPSA) is 44.5 Å². The van der Waals surface area contributed by atoms with Crippen LogP contribution in [-0.4, -0.2) is 13.7 Å². The van der Waals surface area contributed by atoms with E-state index < -0.39 is 0 Å². The Labute approximate surface area is 92.3 Å². The Bertz CT molecular complexity index is 304. The fraction of sp³-hybridized carbons (Fsp3) is 0.400. The normalized spacial score (nSPS) is 12.6. The molecule has 3 nitrogen and oxygen atoms in total. The molecule has 4 heteroatoms. The summed E-state index contributed by atoms with van der Waals surface area (Å²) in [4.78, 5) is 4.64. The zero-order valence-electron chi connectivity index (χ0n) is 8.29. The summed E-state index contributed by atoms with van der Waals surface area (Å²) in [7, 11) is 1.65. The first-order chi connectivity index (χ1) is 6.70. The lowest BCUT2D eigenvalue weighted by Crippen LogP contribution is -2.10. The van der Waals surface area contributed by atoms with Crippen molar-refractivity contribution < 1.29 is 9.57 Å². The summed E-state index contributed by atoms with van der Waals surface area (Å²) in [5.74, 6) is 6.10. The molecule has 1 atom stereocenters. The van der Waals surface area contributed by atoms with Gasteiger partial charge in [0.15, 0.2) is 0 Å². The van der Waals surface area contributed by atoms with E-state index in [1.54, 1.807) is 7.11 Å². The van der Waals surface area contributed by atoms with Gasteiger partial charge >= 0.3 is 0 Å². The van der Waals surface area contributed by atoms with Gasteiger partial charge in [-0.3, -0.25) is 0 Å². The molecule has 0 amide bonds. The van der Waals surface area contributed by atoms with E-state index in [4.69, 9.17) is 10.6 Å². The zero-order chi connectivity index (χ0) is 10.6. The summed E-state index contributed by atoms with van der Waals surface area (Å²) < 4.78 is 6.28. The van der Waals surface area contributed by atoms with Gasteiger partial charge in [0.25, 0.3) is 0 Å². The van der Waals surface area contributed by atoms with Crippen LogP contribution in [0.3, 0.4) is 0 Å². The van der Waals surface area contributed by atoms with Gasteiger partial charge in [-0.15, -0.1) is 0 Å². The van der Waals surface area contributed by atoms with Gasteiger partial charge in [-0.05, 0) is 12.1 Å². The Kier molecular flexibility index (Phi) is 4.38. The molecule has 0 spiro atoms. The minimum atomic E-state index is 0.200. The molecule has 0 aliphatic carbocycles. The van der Waals surface area contributed by atoms with Crippen molar-refractivity contribution in [2.75, 3.05) is 13.7 Å². The molecule has 14 heavy (non-hydrogen) atoms. The van der Waals surface area contributed by atoms with Crippen LogP contribution in [0, 0.1) is 0 Å². The molecule has 0 aliphatic rings. The molecule has 78 valence electrons. The molecule has 2 N–H and O–H groups in total. The van der Waals surface area contributed by atoms with Crippen LogP contribution in [0.5, 0.6) is 5.75 Å². The third-order valence-corrected chi connectivity index (χ3v) is 2.76. The summed E-state index contributed by atoms with van der Waals surface area (Å²) in [5, 5.41) is 0. The SMILES string of the molecule is COc1cccc(Br)c1C(C)CON. The van der Waals surface area contributed by atoms with Crippen LogP contribution in [0.15, 0.2) is 22.7 Å². The van der Waals surface area contributed by atoms with Gasteiger partial charge in [-0.1, -0.05) is 28.9 Å². The molecule has 0 aromatic heterocycles. The Balaban J connectivity index is 3.03. The second kappa shape index (κ2) is 5.34. The summed E-state index contributed by atoms with van der Waals surface area (Å²) in [5.41, 5.74) is 1.08. The highest BCUT2D eigenvalue weighted by atomic mass is 79.9. The number of nitrogens with two attached hydrogens (primary N) is 1. The molecule has 0 fully saturated rings.